The van der Waals surface area contributed by atoms with Gasteiger partial charge < -0.3 is 10.1 Å². The molecule has 0 bridgehead atoms. The lowest BCUT2D eigenvalue weighted by Gasteiger charge is -2.29. The van der Waals surface area contributed by atoms with E-state index >= 15 is 0 Å². The Morgan fingerprint density at radius 3 is 2.42 bits per heavy atom. The molecular weight excluding hydrogens is 306 g/mol. The normalized spacial score (nSPS) is 14.9. The Morgan fingerprint density at radius 1 is 1.42 bits per heavy atom. The molecular formula is C14H26BrN3O. The number of hydrogen-bond donors (Lipinski definition) is 1. The van der Waals surface area contributed by atoms with Crippen LogP contribution in [0.2, 0.25) is 0 Å². The van der Waals surface area contributed by atoms with Gasteiger partial charge in [-0.2, -0.15) is 5.10 Å². The van der Waals surface area contributed by atoms with E-state index < -0.39 is 0 Å². The van der Waals surface area contributed by atoms with Gasteiger partial charge in [0.2, 0.25) is 0 Å². The Balaban J connectivity index is 2.95. The van der Waals surface area contributed by atoms with E-state index in [9.17, 15) is 0 Å². The van der Waals surface area contributed by atoms with Crippen LogP contribution in [-0.4, -0.2) is 36.1 Å². The summed E-state index contributed by atoms with van der Waals surface area (Å²) >= 11 is 3.68. The maximum atomic E-state index is 5.64. The van der Waals surface area contributed by atoms with Gasteiger partial charge in [-0.3, -0.25) is 4.68 Å². The van der Waals surface area contributed by atoms with Crippen LogP contribution >= 0.6 is 15.9 Å². The summed E-state index contributed by atoms with van der Waals surface area (Å²) in [6, 6.07) is 0.279. The second-order valence-electron chi connectivity index (χ2n) is 5.23. The summed E-state index contributed by atoms with van der Waals surface area (Å²) in [7, 11) is 5.78. The highest BCUT2D eigenvalue weighted by Gasteiger charge is 2.26. The standard InChI is InChI=1S/C14H26BrN3O/c1-7-10-13(15)12(18(5)17-10)8-11(16-4)14(19-6)9(2)3/h9,11,14,16H,7-8H2,1-6H3. The summed E-state index contributed by atoms with van der Waals surface area (Å²) in [5, 5.41) is 7.92. The minimum Gasteiger partial charge on any atom is -0.380 e. The van der Waals surface area contributed by atoms with Crippen LogP contribution in [0, 0.1) is 5.92 Å². The van der Waals surface area contributed by atoms with Gasteiger partial charge in [0, 0.05) is 26.6 Å². The van der Waals surface area contributed by atoms with Crippen molar-refractivity contribution in [2.45, 2.75) is 45.8 Å². The van der Waals surface area contributed by atoms with Crippen molar-refractivity contribution in [2.75, 3.05) is 14.2 Å². The molecule has 4 nitrogen and oxygen atoms in total. The van der Waals surface area contributed by atoms with Crippen molar-refractivity contribution in [3.8, 4) is 0 Å². The molecule has 1 aromatic rings. The molecule has 110 valence electrons. The van der Waals surface area contributed by atoms with Gasteiger partial charge in [-0.05, 0) is 35.3 Å². The SMILES string of the molecule is CCc1nn(C)c(CC(NC)C(OC)C(C)C)c1Br. The molecule has 0 aliphatic rings. The fraction of sp³-hybridized carbons (Fsp3) is 0.786. The van der Waals surface area contributed by atoms with Gasteiger partial charge in [0.15, 0.2) is 0 Å². The third kappa shape index (κ3) is 3.80. The minimum atomic E-state index is 0.192. The van der Waals surface area contributed by atoms with E-state index in [0.29, 0.717) is 5.92 Å². The summed E-state index contributed by atoms with van der Waals surface area (Å²) in [4.78, 5) is 0. The Bertz CT molecular complexity index is 404. The molecule has 0 aliphatic heterocycles. The van der Waals surface area contributed by atoms with E-state index in [1.807, 2.05) is 18.8 Å². The number of likely N-dealkylation sites (N-methyl/N-ethyl adjacent to an activating group) is 1. The molecule has 1 N–H and O–H groups in total. The lowest BCUT2D eigenvalue weighted by molar-refractivity contribution is 0.0349. The van der Waals surface area contributed by atoms with Crippen molar-refractivity contribution in [3.63, 3.8) is 0 Å². The second kappa shape index (κ2) is 7.41. The largest absolute Gasteiger partial charge is 0.380 e. The van der Waals surface area contributed by atoms with E-state index in [2.05, 4.69) is 47.1 Å². The fourth-order valence-electron chi connectivity index (χ4n) is 2.53. The monoisotopic (exact) mass is 331 g/mol. The first-order valence-corrected chi connectivity index (χ1v) is 7.65. The average molecular weight is 332 g/mol. The number of methoxy groups -OCH3 is 1. The molecule has 1 heterocycles. The second-order valence-corrected chi connectivity index (χ2v) is 6.02. The molecule has 0 spiro atoms. The van der Waals surface area contributed by atoms with Crippen molar-refractivity contribution in [3.05, 3.63) is 15.9 Å². The first-order valence-electron chi connectivity index (χ1n) is 6.86. The van der Waals surface area contributed by atoms with Crippen molar-refractivity contribution in [2.24, 2.45) is 13.0 Å². The molecule has 0 saturated carbocycles. The van der Waals surface area contributed by atoms with Crippen LogP contribution in [0.1, 0.15) is 32.2 Å². The van der Waals surface area contributed by atoms with Crippen LogP contribution in [0.3, 0.4) is 0 Å². The van der Waals surface area contributed by atoms with Crippen molar-refractivity contribution < 1.29 is 4.74 Å². The zero-order valence-corrected chi connectivity index (χ0v) is 14.4. The molecule has 0 aromatic carbocycles. The third-order valence-electron chi connectivity index (χ3n) is 3.61. The van der Waals surface area contributed by atoms with Crippen molar-refractivity contribution >= 4 is 15.9 Å². The Labute approximate surface area is 125 Å². The number of hydrogen-bond acceptors (Lipinski definition) is 3. The molecule has 0 aliphatic carbocycles. The molecule has 1 aromatic heterocycles. The zero-order valence-electron chi connectivity index (χ0n) is 12.8. The lowest BCUT2D eigenvalue weighted by atomic mass is 9.95. The van der Waals surface area contributed by atoms with Gasteiger partial charge in [-0.15, -0.1) is 0 Å². The average Bonchev–Trinajstić information content (AvgIpc) is 2.64. The summed E-state index contributed by atoms with van der Waals surface area (Å²) in [5.41, 5.74) is 2.34. The van der Waals surface area contributed by atoms with E-state index in [1.165, 1.54) is 5.69 Å². The zero-order chi connectivity index (χ0) is 14.6. The minimum absolute atomic E-state index is 0.192. The van der Waals surface area contributed by atoms with E-state index in [-0.39, 0.29) is 12.1 Å². The highest BCUT2D eigenvalue weighted by atomic mass is 79.9. The fourth-order valence-corrected chi connectivity index (χ4v) is 3.31. The predicted molar refractivity (Wildman–Crippen MR) is 82.5 cm³/mol. The van der Waals surface area contributed by atoms with Crippen LogP contribution in [0.15, 0.2) is 4.47 Å². The predicted octanol–water partition coefficient (Wildman–Crippen LogP) is 2.55. The Kier molecular flexibility index (Phi) is 6.50. The topological polar surface area (TPSA) is 39.1 Å². The van der Waals surface area contributed by atoms with Crippen LogP contribution < -0.4 is 5.32 Å². The summed E-state index contributed by atoms with van der Waals surface area (Å²) < 4.78 is 8.75. The number of nitrogens with one attached hydrogen (secondary N) is 1. The smallest absolute Gasteiger partial charge is 0.0766 e. The number of aromatic nitrogens is 2. The Hall–Kier alpha value is -0.390. The van der Waals surface area contributed by atoms with Gasteiger partial charge in [0.25, 0.3) is 0 Å². The van der Waals surface area contributed by atoms with Gasteiger partial charge in [-0.1, -0.05) is 20.8 Å². The van der Waals surface area contributed by atoms with Crippen LogP contribution in [-0.2, 0) is 24.6 Å². The molecule has 0 saturated heterocycles. The van der Waals surface area contributed by atoms with Gasteiger partial charge in [-0.25, -0.2) is 0 Å². The number of halogens is 1. The van der Waals surface area contributed by atoms with E-state index in [4.69, 9.17) is 4.74 Å². The van der Waals surface area contributed by atoms with Crippen LogP contribution in [0.5, 0.6) is 0 Å². The van der Waals surface area contributed by atoms with Gasteiger partial charge >= 0.3 is 0 Å². The molecule has 0 radical (unpaired) electrons. The molecule has 0 amide bonds. The quantitative estimate of drug-likeness (QED) is 0.834. The number of ether oxygens (including phenoxy) is 1. The van der Waals surface area contributed by atoms with Crippen molar-refractivity contribution in [1.29, 1.82) is 0 Å². The maximum absolute atomic E-state index is 5.64. The van der Waals surface area contributed by atoms with E-state index in [1.54, 1.807) is 7.11 Å². The summed E-state index contributed by atoms with van der Waals surface area (Å²) in [6.07, 6.45) is 2.03. The molecule has 2 unspecified atom stereocenters. The molecule has 19 heavy (non-hydrogen) atoms. The maximum Gasteiger partial charge on any atom is 0.0766 e. The third-order valence-corrected chi connectivity index (χ3v) is 4.53. The highest BCUT2D eigenvalue weighted by molar-refractivity contribution is 9.10. The lowest BCUT2D eigenvalue weighted by Crippen LogP contribution is -2.44. The van der Waals surface area contributed by atoms with Gasteiger partial charge in [0.05, 0.1) is 22.0 Å². The van der Waals surface area contributed by atoms with Crippen LogP contribution in [0.25, 0.3) is 0 Å². The number of nitrogens with zero attached hydrogens (tertiary/aromatic N) is 2. The number of rotatable bonds is 7. The van der Waals surface area contributed by atoms with E-state index in [0.717, 1.165) is 23.0 Å². The molecule has 5 heteroatoms. The first-order chi connectivity index (χ1) is 8.96. The first kappa shape index (κ1) is 16.7. The van der Waals surface area contributed by atoms with Crippen molar-refractivity contribution in [1.82, 2.24) is 15.1 Å². The molecule has 1 rings (SSSR count). The van der Waals surface area contributed by atoms with Crippen LogP contribution in [0.4, 0.5) is 0 Å². The molecule has 0 fully saturated rings. The summed E-state index contributed by atoms with van der Waals surface area (Å²) in [6.45, 7) is 6.50. The highest BCUT2D eigenvalue weighted by Crippen LogP contribution is 2.24. The van der Waals surface area contributed by atoms with Gasteiger partial charge in [0.1, 0.15) is 0 Å². The number of aryl methyl sites for hydroxylation is 2. The molecule has 2 atom stereocenters. The summed E-state index contributed by atoms with van der Waals surface area (Å²) in [5.74, 6) is 0.472. The Morgan fingerprint density at radius 2 is 2.05 bits per heavy atom.